The first kappa shape index (κ1) is 21.4. The summed E-state index contributed by atoms with van der Waals surface area (Å²) in [6.07, 6.45) is 4.31. The number of ether oxygens (including phenoxy) is 2. The Hall–Kier alpha value is -2.67. The van der Waals surface area contributed by atoms with Gasteiger partial charge in [0.15, 0.2) is 0 Å². The summed E-state index contributed by atoms with van der Waals surface area (Å²) < 4.78 is 10.7. The number of amides is 1. The van der Waals surface area contributed by atoms with Crippen molar-refractivity contribution in [2.24, 2.45) is 0 Å². The van der Waals surface area contributed by atoms with Crippen LogP contribution in [0.25, 0.3) is 0 Å². The Labute approximate surface area is 154 Å². The molecular weight excluding hydrogens is 362 g/mol. The molecule has 0 saturated carbocycles. The molecule has 0 unspecified atom stereocenters. The average molecular weight is 383 g/mol. The van der Waals surface area contributed by atoms with Gasteiger partial charge in [0.25, 0.3) is 11.1 Å². The van der Waals surface area contributed by atoms with Gasteiger partial charge in [-0.15, -0.1) is 18.2 Å². The number of rotatable bonds is 6. The fourth-order valence-corrected chi connectivity index (χ4v) is 2.66. The van der Waals surface area contributed by atoms with Crippen LogP contribution in [-0.2, 0) is 20.8 Å². The minimum Gasteiger partial charge on any atom is -0.467 e. The topological polar surface area (TPSA) is 119 Å². The van der Waals surface area contributed by atoms with Crippen molar-refractivity contribution in [3.63, 3.8) is 0 Å². The first-order chi connectivity index (χ1) is 12.1. The minimum atomic E-state index is -1.06. The summed E-state index contributed by atoms with van der Waals surface area (Å²) in [4.78, 5) is 47.6. The van der Waals surface area contributed by atoms with Crippen LogP contribution in [0.2, 0.25) is 0 Å². The number of nitrogens with zero attached hydrogens (tertiary/aromatic N) is 1. The molecule has 0 aliphatic rings. The van der Waals surface area contributed by atoms with Crippen molar-refractivity contribution in [3.05, 3.63) is 26.8 Å². The van der Waals surface area contributed by atoms with E-state index in [9.17, 15) is 19.2 Å². The Morgan fingerprint density at radius 1 is 1.42 bits per heavy atom. The number of aromatic nitrogens is 2. The molecule has 0 spiro atoms. The SMILES string of the molecule is C#CCn1[nH]c(=O)c(SC[C@H](NC(=O)OC(C)(C)C)C(=O)OC)cc1=O. The maximum atomic E-state index is 12.0. The molecule has 0 aliphatic heterocycles. The molecule has 1 atom stereocenters. The molecule has 2 N–H and O–H groups in total. The lowest BCUT2D eigenvalue weighted by Crippen LogP contribution is -2.45. The highest BCUT2D eigenvalue weighted by Gasteiger charge is 2.25. The lowest BCUT2D eigenvalue weighted by atomic mass is 10.2. The molecule has 1 amide bonds. The number of hydrogen-bond acceptors (Lipinski definition) is 7. The zero-order valence-corrected chi connectivity index (χ0v) is 15.8. The van der Waals surface area contributed by atoms with E-state index in [1.54, 1.807) is 20.8 Å². The smallest absolute Gasteiger partial charge is 0.408 e. The van der Waals surface area contributed by atoms with Crippen molar-refractivity contribution in [1.29, 1.82) is 0 Å². The first-order valence-corrected chi connectivity index (χ1v) is 8.53. The Morgan fingerprint density at radius 2 is 2.08 bits per heavy atom. The minimum absolute atomic E-state index is 0.0341. The third-order valence-corrected chi connectivity index (χ3v) is 3.93. The Bertz CT molecular complexity index is 815. The molecule has 0 aromatic carbocycles. The second-order valence-corrected chi connectivity index (χ2v) is 7.17. The molecule has 1 rings (SSSR count). The van der Waals surface area contributed by atoms with Gasteiger partial charge >= 0.3 is 12.1 Å². The van der Waals surface area contributed by atoms with Crippen LogP contribution >= 0.6 is 11.8 Å². The third kappa shape index (κ3) is 6.68. The average Bonchev–Trinajstić information content (AvgIpc) is 2.53. The fourth-order valence-electron chi connectivity index (χ4n) is 1.74. The Morgan fingerprint density at radius 3 is 2.62 bits per heavy atom. The van der Waals surface area contributed by atoms with Crippen LogP contribution in [0.4, 0.5) is 4.79 Å². The van der Waals surface area contributed by atoms with Crippen molar-refractivity contribution >= 4 is 23.8 Å². The maximum Gasteiger partial charge on any atom is 0.408 e. The number of alkyl carbamates (subject to hydrolysis) is 1. The summed E-state index contributed by atoms with van der Waals surface area (Å²) >= 11 is 0.920. The van der Waals surface area contributed by atoms with Crippen LogP contribution in [0.3, 0.4) is 0 Å². The molecule has 9 nitrogen and oxygen atoms in total. The zero-order valence-electron chi connectivity index (χ0n) is 15.0. The van der Waals surface area contributed by atoms with Gasteiger partial charge in [0.1, 0.15) is 18.2 Å². The molecule has 1 heterocycles. The molecule has 0 saturated heterocycles. The molecule has 0 bridgehead atoms. The van der Waals surface area contributed by atoms with Gasteiger partial charge in [0.2, 0.25) is 0 Å². The van der Waals surface area contributed by atoms with Gasteiger partial charge in [0, 0.05) is 11.8 Å². The molecule has 26 heavy (non-hydrogen) atoms. The number of nitrogens with one attached hydrogen (secondary N) is 2. The third-order valence-electron chi connectivity index (χ3n) is 2.81. The lowest BCUT2D eigenvalue weighted by molar-refractivity contribution is -0.142. The first-order valence-electron chi connectivity index (χ1n) is 7.55. The number of hydrogen-bond donors (Lipinski definition) is 2. The molecule has 0 aliphatic carbocycles. The quantitative estimate of drug-likeness (QED) is 0.413. The molecule has 10 heteroatoms. The largest absolute Gasteiger partial charge is 0.467 e. The predicted molar refractivity (Wildman–Crippen MR) is 96.1 cm³/mol. The summed E-state index contributed by atoms with van der Waals surface area (Å²) in [5.74, 6) is 1.51. The number of esters is 1. The van der Waals surface area contributed by atoms with Crippen LogP contribution in [0.15, 0.2) is 20.6 Å². The number of methoxy groups -OCH3 is 1. The fraction of sp³-hybridized carbons (Fsp3) is 0.500. The van der Waals surface area contributed by atoms with E-state index in [-0.39, 0.29) is 17.2 Å². The lowest BCUT2D eigenvalue weighted by Gasteiger charge is -2.22. The molecule has 1 aromatic rings. The second kappa shape index (κ2) is 9.15. The van der Waals surface area contributed by atoms with E-state index in [0.717, 1.165) is 22.5 Å². The number of carbonyl (C=O) groups excluding carboxylic acids is 2. The molecule has 0 fully saturated rings. The predicted octanol–water partition coefficient (Wildman–Crippen LogP) is 0.328. The van der Waals surface area contributed by atoms with Crippen LogP contribution in [0.5, 0.6) is 0 Å². The van der Waals surface area contributed by atoms with Gasteiger partial charge in [0.05, 0.1) is 12.0 Å². The number of terminal acetylenes is 1. The standard InChI is InChI=1S/C16H21N3O6S/c1-6-7-19-12(20)8-11(13(21)18-19)26-9-10(14(22)24-5)17-15(23)25-16(2,3)4/h1,8,10H,7,9H2,2-5H3,(H,17,23)(H,18,21)/t10-/m0/s1. The van der Waals surface area contributed by atoms with E-state index in [2.05, 4.69) is 21.1 Å². The normalized spacial score (nSPS) is 12.0. The Balaban J connectivity index is 2.88. The number of carbonyl (C=O) groups is 2. The van der Waals surface area contributed by atoms with Gasteiger partial charge in [-0.1, -0.05) is 5.92 Å². The number of H-pyrrole nitrogens is 1. The summed E-state index contributed by atoms with van der Waals surface area (Å²) in [6.45, 7) is 4.97. The molecule has 142 valence electrons. The van der Waals surface area contributed by atoms with Crippen LogP contribution in [-0.4, -0.2) is 46.3 Å². The number of aromatic amines is 1. The van der Waals surface area contributed by atoms with E-state index in [1.807, 2.05) is 0 Å². The van der Waals surface area contributed by atoms with Crippen LogP contribution < -0.4 is 16.4 Å². The van der Waals surface area contributed by atoms with Gasteiger partial charge in [-0.2, -0.15) is 0 Å². The zero-order chi connectivity index (χ0) is 19.9. The van der Waals surface area contributed by atoms with Gasteiger partial charge < -0.3 is 14.8 Å². The molecular formula is C16H21N3O6S. The van der Waals surface area contributed by atoms with Gasteiger partial charge in [-0.05, 0) is 20.8 Å². The van der Waals surface area contributed by atoms with Crippen LogP contribution in [0.1, 0.15) is 20.8 Å². The van der Waals surface area contributed by atoms with Crippen molar-refractivity contribution in [2.75, 3.05) is 12.9 Å². The second-order valence-electron chi connectivity index (χ2n) is 6.11. The number of thioether (sulfide) groups is 1. The van der Waals surface area contributed by atoms with Crippen molar-refractivity contribution < 1.29 is 19.1 Å². The van der Waals surface area contributed by atoms with Crippen molar-refractivity contribution in [1.82, 2.24) is 15.1 Å². The molecule has 0 radical (unpaired) electrons. The summed E-state index contributed by atoms with van der Waals surface area (Å²) in [5.41, 5.74) is -1.76. The van der Waals surface area contributed by atoms with E-state index in [1.165, 1.54) is 7.11 Å². The van der Waals surface area contributed by atoms with Crippen molar-refractivity contribution in [2.45, 2.75) is 43.9 Å². The molecule has 1 aromatic heterocycles. The maximum absolute atomic E-state index is 12.0. The van der Waals surface area contributed by atoms with Crippen LogP contribution in [0, 0.1) is 12.3 Å². The van der Waals surface area contributed by atoms with Gasteiger partial charge in [-0.3, -0.25) is 14.7 Å². The van der Waals surface area contributed by atoms with Gasteiger partial charge in [-0.25, -0.2) is 14.3 Å². The van der Waals surface area contributed by atoms with Crippen molar-refractivity contribution in [3.8, 4) is 12.3 Å². The van der Waals surface area contributed by atoms with E-state index < -0.39 is 34.8 Å². The van der Waals surface area contributed by atoms with E-state index in [0.29, 0.717) is 0 Å². The summed E-state index contributed by atoms with van der Waals surface area (Å²) in [7, 11) is 1.17. The monoisotopic (exact) mass is 383 g/mol. The van der Waals surface area contributed by atoms with E-state index in [4.69, 9.17) is 11.2 Å². The van der Waals surface area contributed by atoms with E-state index >= 15 is 0 Å². The summed E-state index contributed by atoms with van der Waals surface area (Å²) in [6, 6.07) is 0.0511. The summed E-state index contributed by atoms with van der Waals surface area (Å²) in [5, 5.41) is 4.72. The highest BCUT2D eigenvalue weighted by molar-refractivity contribution is 7.99. The Kier molecular flexibility index (Phi) is 7.52. The highest BCUT2D eigenvalue weighted by Crippen LogP contribution is 2.14. The highest BCUT2D eigenvalue weighted by atomic mass is 32.2.